The predicted octanol–water partition coefficient (Wildman–Crippen LogP) is 3.25. The largest absolute Gasteiger partial charge is 0.325 e. The number of nitrogens with one attached hydrogen (secondary N) is 1. The Bertz CT molecular complexity index is 470. The van der Waals surface area contributed by atoms with Gasteiger partial charge >= 0.3 is 0 Å². The van der Waals surface area contributed by atoms with Crippen molar-refractivity contribution in [3.8, 4) is 0 Å². The lowest BCUT2D eigenvalue weighted by molar-refractivity contribution is -0.130. The molecule has 0 aromatic heterocycles. The van der Waals surface area contributed by atoms with Crippen LogP contribution >= 0.6 is 0 Å². The van der Waals surface area contributed by atoms with Crippen molar-refractivity contribution in [3.63, 3.8) is 0 Å². The molecule has 1 N–H and O–H groups in total. The summed E-state index contributed by atoms with van der Waals surface area (Å²) in [6, 6.07) is 5.81. The molecule has 0 heterocycles. The maximum Gasteiger partial charge on any atom is 0.231 e. The van der Waals surface area contributed by atoms with Crippen molar-refractivity contribution in [2.45, 2.75) is 41.0 Å². The molecule has 1 amide bonds. The number of anilines is 1. The molecule has 0 saturated carbocycles. The minimum Gasteiger partial charge on any atom is -0.325 e. The van der Waals surface area contributed by atoms with Crippen LogP contribution in [0.15, 0.2) is 18.2 Å². The first-order valence-electron chi connectivity index (χ1n) is 6.10. The van der Waals surface area contributed by atoms with Gasteiger partial charge in [-0.05, 0) is 25.5 Å². The molecule has 0 radical (unpaired) electrons. The first kappa shape index (κ1) is 14.4. The van der Waals surface area contributed by atoms with Crippen LogP contribution in [0, 0.1) is 19.3 Å². The van der Waals surface area contributed by atoms with Crippen molar-refractivity contribution >= 4 is 17.4 Å². The summed E-state index contributed by atoms with van der Waals surface area (Å²) in [5.41, 5.74) is 2.45. The van der Waals surface area contributed by atoms with E-state index in [-0.39, 0.29) is 18.1 Å². The molecule has 0 unspecified atom stereocenters. The number of ketones is 1. The van der Waals surface area contributed by atoms with Crippen LogP contribution in [-0.2, 0) is 9.59 Å². The second-order valence-corrected chi connectivity index (χ2v) is 5.72. The Morgan fingerprint density at radius 2 is 1.78 bits per heavy atom. The second kappa shape index (κ2) is 5.34. The number of rotatable bonds is 3. The Hall–Kier alpha value is -1.64. The smallest absolute Gasteiger partial charge is 0.231 e. The lowest BCUT2D eigenvalue weighted by atomic mass is 9.89. The second-order valence-electron chi connectivity index (χ2n) is 5.72. The third kappa shape index (κ3) is 3.99. The maximum atomic E-state index is 11.8. The molecule has 18 heavy (non-hydrogen) atoms. The Morgan fingerprint density at radius 1 is 1.17 bits per heavy atom. The Balaban J connectivity index is 2.68. The van der Waals surface area contributed by atoms with Gasteiger partial charge in [-0.15, -0.1) is 0 Å². The highest BCUT2D eigenvalue weighted by Crippen LogP contribution is 2.19. The van der Waals surface area contributed by atoms with Gasteiger partial charge in [0.2, 0.25) is 5.91 Å². The molecule has 0 bridgehead atoms. The summed E-state index contributed by atoms with van der Waals surface area (Å²) in [5, 5.41) is 2.78. The summed E-state index contributed by atoms with van der Waals surface area (Å²) >= 11 is 0. The highest BCUT2D eigenvalue weighted by Gasteiger charge is 2.23. The van der Waals surface area contributed by atoms with Gasteiger partial charge in [0, 0.05) is 11.1 Å². The van der Waals surface area contributed by atoms with E-state index in [2.05, 4.69) is 5.32 Å². The van der Waals surface area contributed by atoms with E-state index in [4.69, 9.17) is 0 Å². The van der Waals surface area contributed by atoms with Crippen molar-refractivity contribution in [2.24, 2.45) is 5.41 Å². The number of hydrogen-bond acceptors (Lipinski definition) is 2. The lowest BCUT2D eigenvalue weighted by Gasteiger charge is -2.16. The van der Waals surface area contributed by atoms with E-state index in [1.807, 2.05) is 52.8 Å². The fourth-order valence-electron chi connectivity index (χ4n) is 1.56. The van der Waals surface area contributed by atoms with E-state index in [1.54, 1.807) is 0 Å². The fraction of sp³-hybridized carbons (Fsp3) is 0.467. The van der Waals surface area contributed by atoms with Crippen molar-refractivity contribution in [3.05, 3.63) is 29.3 Å². The third-order valence-corrected chi connectivity index (χ3v) is 2.81. The summed E-state index contributed by atoms with van der Waals surface area (Å²) in [7, 11) is 0. The average Bonchev–Trinajstić information content (AvgIpc) is 2.20. The molecule has 0 fully saturated rings. The first-order chi connectivity index (χ1) is 8.20. The minimum atomic E-state index is -0.473. The predicted molar refractivity (Wildman–Crippen MR) is 73.6 cm³/mol. The van der Waals surface area contributed by atoms with Gasteiger partial charge in [0.25, 0.3) is 0 Å². The zero-order valence-corrected chi connectivity index (χ0v) is 11.8. The van der Waals surface area contributed by atoms with Crippen molar-refractivity contribution in [1.82, 2.24) is 0 Å². The topological polar surface area (TPSA) is 46.2 Å². The fourth-order valence-corrected chi connectivity index (χ4v) is 1.56. The van der Waals surface area contributed by atoms with Gasteiger partial charge in [0.15, 0.2) is 0 Å². The SMILES string of the molecule is Cc1ccc(NC(=O)CC(=O)C(C)(C)C)c(C)c1. The van der Waals surface area contributed by atoms with Crippen molar-refractivity contribution < 1.29 is 9.59 Å². The van der Waals surface area contributed by atoms with Gasteiger partial charge in [-0.25, -0.2) is 0 Å². The summed E-state index contributed by atoms with van der Waals surface area (Å²) in [5.74, 6) is -0.299. The summed E-state index contributed by atoms with van der Waals surface area (Å²) < 4.78 is 0. The van der Waals surface area contributed by atoms with Crippen LogP contribution in [0.3, 0.4) is 0 Å². The summed E-state index contributed by atoms with van der Waals surface area (Å²) in [4.78, 5) is 23.5. The van der Waals surface area contributed by atoms with Gasteiger partial charge in [-0.3, -0.25) is 9.59 Å². The molecule has 1 aromatic carbocycles. The Kier molecular flexibility index (Phi) is 4.28. The van der Waals surface area contributed by atoms with E-state index in [0.717, 1.165) is 16.8 Å². The van der Waals surface area contributed by atoms with Gasteiger partial charge in [-0.2, -0.15) is 0 Å². The molecule has 1 rings (SSSR count). The van der Waals surface area contributed by atoms with E-state index < -0.39 is 5.41 Å². The quantitative estimate of drug-likeness (QED) is 0.833. The highest BCUT2D eigenvalue weighted by molar-refractivity contribution is 6.06. The number of Topliss-reactive ketones (excluding diaryl/α,β-unsaturated/α-hetero) is 1. The molecule has 98 valence electrons. The highest BCUT2D eigenvalue weighted by atomic mass is 16.2. The number of amides is 1. The average molecular weight is 247 g/mol. The van der Waals surface area contributed by atoms with E-state index in [0.29, 0.717) is 0 Å². The molecular formula is C15H21NO2. The normalized spacial score (nSPS) is 11.2. The summed E-state index contributed by atoms with van der Waals surface area (Å²) in [6.45, 7) is 9.40. The first-order valence-corrected chi connectivity index (χ1v) is 6.10. The standard InChI is InChI=1S/C15H21NO2/c1-10-6-7-12(11(2)8-10)16-14(18)9-13(17)15(3,4)5/h6-8H,9H2,1-5H3,(H,16,18). The van der Waals surface area contributed by atoms with Gasteiger partial charge in [0.1, 0.15) is 5.78 Å². The number of hydrogen-bond donors (Lipinski definition) is 1. The van der Waals surface area contributed by atoms with Gasteiger partial charge in [0.05, 0.1) is 6.42 Å². The zero-order chi connectivity index (χ0) is 13.9. The zero-order valence-electron chi connectivity index (χ0n) is 11.8. The van der Waals surface area contributed by atoms with Crippen LogP contribution in [0.4, 0.5) is 5.69 Å². The van der Waals surface area contributed by atoms with Crippen LogP contribution < -0.4 is 5.32 Å². The van der Waals surface area contributed by atoms with Crippen molar-refractivity contribution in [1.29, 1.82) is 0 Å². The van der Waals surface area contributed by atoms with Crippen LogP contribution in [0.5, 0.6) is 0 Å². The molecule has 0 spiro atoms. The molecule has 3 heteroatoms. The number of aryl methyl sites for hydroxylation is 2. The van der Waals surface area contributed by atoms with E-state index in [1.165, 1.54) is 0 Å². The van der Waals surface area contributed by atoms with Crippen LogP contribution in [-0.4, -0.2) is 11.7 Å². The molecule has 0 saturated heterocycles. The van der Waals surface area contributed by atoms with Crippen LogP contribution in [0.25, 0.3) is 0 Å². The van der Waals surface area contributed by atoms with E-state index >= 15 is 0 Å². The lowest BCUT2D eigenvalue weighted by Crippen LogP contribution is -2.26. The van der Waals surface area contributed by atoms with Crippen LogP contribution in [0.1, 0.15) is 38.3 Å². The van der Waals surface area contributed by atoms with E-state index in [9.17, 15) is 9.59 Å². The molecule has 0 aliphatic carbocycles. The monoisotopic (exact) mass is 247 g/mol. The van der Waals surface area contributed by atoms with Crippen molar-refractivity contribution in [2.75, 3.05) is 5.32 Å². The van der Waals surface area contributed by atoms with Crippen LogP contribution in [0.2, 0.25) is 0 Å². The molecular weight excluding hydrogens is 226 g/mol. The Labute approximate surface area is 109 Å². The maximum absolute atomic E-state index is 11.8. The number of carbonyl (C=O) groups excluding carboxylic acids is 2. The molecule has 0 aliphatic heterocycles. The molecule has 3 nitrogen and oxygen atoms in total. The molecule has 0 atom stereocenters. The third-order valence-electron chi connectivity index (χ3n) is 2.81. The molecule has 0 aliphatic rings. The number of carbonyl (C=O) groups is 2. The minimum absolute atomic E-state index is 0.0511. The molecule has 1 aromatic rings. The number of benzene rings is 1. The van der Waals surface area contributed by atoms with Gasteiger partial charge in [-0.1, -0.05) is 38.5 Å². The Morgan fingerprint density at radius 3 is 2.28 bits per heavy atom. The van der Waals surface area contributed by atoms with Gasteiger partial charge < -0.3 is 5.32 Å². The summed E-state index contributed by atoms with van der Waals surface area (Å²) in [6.07, 6.45) is -0.0726.